The zero-order valence-electron chi connectivity index (χ0n) is 12.7. The Hall–Kier alpha value is -2.34. The van der Waals surface area contributed by atoms with E-state index < -0.39 is 5.97 Å². The Morgan fingerprint density at radius 1 is 1.13 bits per heavy atom. The van der Waals surface area contributed by atoms with Crippen molar-refractivity contribution in [2.24, 2.45) is 0 Å². The van der Waals surface area contributed by atoms with Crippen LogP contribution in [0.3, 0.4) is 0 Å². The van der Waals surface area contributed by atoms with E-state index >= 15 is 0 Å². The van der Waals surface area contributed by atoms with Gasteiger partial charge in [-0.1, -0.05) is 0 Å². The largest absolute Gasteiger partial charge is 0.452 e. The van der Waals surface area contributed by atoms with Crippen molar-refractivity contribution in [1.29, 1.82) is 0 Å². The third-order valence-corrected chi connectivity index (χ3v) is 4.40. The summed E-state index contributed by atoms with van der Waals surface area (Å²) in [6.07, 6.45) is 2.46. The molecule has 23 heavy (non-hydrogen) atoms. The SMILES string of the molecule is O=C(COC(=O)c1ccsc1)Nc1ccc(N2CCCC2)cc1. The summed E-state index contributed by atoms with van der Waals surface area (Å²) in [4.78, 5) is 25.8. The van der Waals surface area contributed by atoms with E-state index in [1.54, 1.807) is 16.8 Å². The first-order valence-corrected chi connectivity index (χ1v) is 8.51. The lowest BCUT2D eigenvalue weighted by atomic mass is 10.2. The monoisotopic (exact) mass is 330 g/mol. The molecule has 0 bridgehead atoms. The maximum atomic E-state index is 11.8. The van der Waals surface area contributed by atoms with E-state index in [9.17, 15) is 9.59 Å². The van der Waals surface area contributed by atoms with E-state index in [4.69, 9.17) is 4.74 Å². The van der Waals surface area contributed by atoms with Gasteiger partial charge in [0.25, 0.3) is 5.91 Å². The quantitative estimate of drug-likeness (QED) is 0.856. The van der Waals surface area contributed by atoms with Crippen LogP contribution in [0.25, 0.3) is 0 Å². The Bertz CT molecular complexity index is 662. The highest BCUT2D eigenvalue weighted by atomic mass is 32.1. The molecule has 3 rings (SSSR count). The minimum absolute atomic E-state index is 0.289. The number of esters is 1. The molecule has 2 heterocycles. The Morgan fingerprint density at radius 2 is 1.87 bits per heavy atom. The molecule has 1 aliphatic heterocycles. The van der Waals surface area contributed by atoms with Gasteiger partial charge in [-0.3, -0.25) is 4.79 Å². The summed E-state index contributed by atoms with van der Waals surface area (Å²) in [5.41, 5.74) is 2.34. The van der Waals surface area contributed by atoms with Crippen LogP contribution >= 0.6 is 11.3 Å². The second-order valence-electron chi connectivity index (χ2n) is 5.38. The molecule has 1 aromatic carbocycles. The van der Waals surface area contributed by atoms with Gasteiger partial charge in [0.1, 0.15) is 0 Å². The first-order chi connectivity index (χ1) is 11.2. The number of carbonyl (C=O) groups is 2. The summed E-state index contributed by atoms with van der Waals surface area (Å²) in [6.45, 7) is 1.89. The van der Waals surface area contributed by atoms with Crippen LogP contribution in [0, 0.1) is 0 Å². The van der Waals surface area contributed by atoms with Crippen LogP contribution < -0.4 is 10.2 Å². The number of nitrogens with zero attached hydrogens (tertiary/aromatic N) is 1. The second-order valence-corrected chi connectivity index (χ2v) is 6.16. The smallest absolute Gasteiger partial charge is 0.339 e. The summed E-state index contributed by atoms with van der Waals surface area (Å²) < 4.78 is 4.97. The molecule has 2 aromatic rings. The van der Waals surface area contributed by atoms with Crippen molar-refractivity contribution >= 4 is 34.6 Å². The van der Waals surface area contributed by atoms with E-state index in [2.05, 4.69) is 10.2 Å². The molecule has 1 saturated heterocycles. The van der Waals surface area contributed by atoms with Gasteiger partial charge in [0.05, 0.1) is 5.56 Å². The molecule has 0 radical (unpaired) electrons. The van der Waals surface area contributed by atoms with Gasteiger partial charge in [-0.25, -0.2) is 4.79 Å². The lowest BCUT2D eigenvalue weighted by Crippen LogP contribution is -2.21. The van der Waals surface area contributed by atoms with Crippen LogP contribution in [0.5, 0.6) is 0 Å². The summed E-state index contributed by atoms with van der Waals surface area (Å²) in [5.74, 6) is -0.826. The molecule has 5 nitrogen and oxygen atoms in total. The normalized spacial score (nSPS) is 13.8. The highest BCUT2D eigenvalue weighted by molar-refractivity contribution is 7.08. The van der Waals surface area contributed by atoms with E-state index in [-0.39, 0.29) is 12.5 Å². The zero-order chi connectivity index (χ0) is 16.1. The van der Waals surface area contributed by atoms with Gasteiger partial charge >= 0.3 is 5.97 Å². The molecule has 0 aliphatic carbocycles. The van der Waals surface area contributed by atoms with E-state index in [1.165, 1.54) is 29.9 Å². The number of ether oxygens (including phenoxy) is 1. The predicted octanol–water partition coefficient (Wildman–Crippen LogP) is 3.14. The first-order valence-electron chi connectivity index (χ1n) is 7.56. The first kappa shape index (κ1) is 15.6. The van der Waals surface area contributed by atoms with Crippen LogP contribution in [0.2, 0.25) is 0 Å². The summed E-state index contributed by atoms with van der Waals surface area (Å²) in [5, 5.41) is 6.21. The number of nitrogens with one attached hydrogen (secondary N) is 1. The van der Waals surface area contributed by atoms with E-state index in [1.807, 2.05) is 24.3 Å². The lowest BCUT2D eigenvalue weighted by molar-refractivity contribution is -0.119. The van der Waals surface area contributed by atoms with Gasteiger partial charge in [0.2, 0.25) is 0 Å². The minimum atomic E-state index is -0.481. The average Bonchev–Trinajstić information content (AvgIpc) is 3.26. The lowest BCUT2D eigenvalue weighted by Gasteiger charge is -2.17. The van der Waals surface area contributed by atoms with Gasteiger partial charge < -0.3 is 15.0 Å². The standard InChI is InChI=1S/C17H18N2O3S/c20-16(11-22-17(21)13-7-10-23-12-13)18-14-3-5-15(6-4-14)19-8-1-2-9-19/h3-7,10,12H,1-2,8-9,11H2,(H,18,20). The van der Waals surface area contributed by atoms with Crippen molar-refractivity contribution in [3.8, 4) is 0 Å². The summed E-state index contributed by atoms with van der Waals surface area (Å²) in [6, 6.07) is 9.40. The number of hydrogen-bond acceptors (Lipinski definition) is 5. The average molecular weight is 330 g/mol. The van der Waals surface area contributed by atoms with Crippen LogP contribution in [-0.2, 0) is 9.53 Å². The third-order valence-electron chi connectivity index (χ3n) is 3.71. The van der Waals surface area contributed by atoms with Crippen LogP contribution in [0.15, 0.2) is 41.1 Å². The summed E-state index contributed by atoms with van der Waals surface area (Å²) >= 11 is 1.41. The zero-order valence-corrected chi connectivity index (χ0v) is 13.5. The van der Waals surface area contributed by atoms with Gasteiger partial charge in [0, 0.05) is 29.8 Å². The number of hydrogen-bond donors (Lipinski definition) is 1. The third kappa shape index (κ3) is 4.10. The Balaban J connectivity index is 1.48. The topological polar surface area (TPSA) is 58.6 Å². The van der Waals surface area contributed by atoms with E-state index in [0.29, 0.717) is 11.3 Å². The maximum absolute atomic E-state index is 11.8. The number of amides is 1. The molecule has 0 spiro atoms. The fourth-order valence-electron chi connectivity index (χ4n) is 2.52. The molecule has 1 aromatic heterocycles. The van der Waals surface area contributed by atoms with Crippen molar-refractivity contribution in [3.63, 3.8) is 0 Å². The number of benzene rings is 1. The highest BCUT2D eigenvalue weighted by Gasteiger charge is 2.13. The highest BCUT2D eigenvalue weighted by Crippen LogP contribution is 2.22. The van der Waals surface area contributed by atoms with Gasteiger partial charge in [-0.15, -0.1) is 0 Å². The fraction of sp³-hybridized carbons (Fsp3) is 0.294. The van der Waals surface area contributed by atoms with Crippen molar-refractivity contribution < 1.29 is 14.3 Å². The predicted molar refractivity (Wildman–Crippen MR) is 91.1 cm³/mol. The Labute approximate surface area is 138 Å². The van der Waals surface area contributed by atoms with E-state index in [0.717, 1.165) is 13.1 Å². The molecule has 120 valence electrons. The molecular weight excluding hydrogens is 312 g/mol. The second kappa shape index (κ2) is 7.28. The van der Waals surface area contributed by atoms with Crippen LogP contribution in [0.4, 0.5) is 11.4 Å². The van der Waals surface area contributed by atoms with Crippen LogP contribution in [-0.4, -0.2) is 31.6 Å². The fourth-order valence-corrected chi connectivity index (χ4v) is 3.15. The van der Waals surface area contributed by atoms with Gasteiger partial charge in [-0.05, 0) is 48.6 Å². The van der Waals surface area contributed by atoms with Crippen molar-refractivity contribution in [3.05, 3.63) is 46.7 Å². The summed E-state index contributed by atoms with van der Waals surface area (Å²) in [7, 11) is 0. The van der Waals surface area contributed by atoms with Gasteiger partial charge in [-0.2, -0.15) is 11.3 Å². The molecule has 0 unspecified atom stereocenters. The van der Waals surface area contributed by atoms with Crippen LogP contribution in [0.1, 0.15) is 23.2 Å². The molecule has 6 heteroatoms. The Kier molecular flexibility index (Phi) is 4.92. The van der Waals surface area contributed by atoms with Crippen molar-refractivity contribution in [2.45, 2.75) is 12.8 Å². The number of anilines is 2. The molecule has 1 fully saturated rings. The number of rotatable bonds is 5. The van der Waals surface area contributed by atoms with Gasteiger partial charge in [0.15, 0.2) is 6.61 Å². The van der Waals surface area contributed by atoms with Crippen molar-refractivity contribution in [1.82, 2.24) is 0 Å². The minimum Gasteiger partial charge on any atom is -0.452 e. The number of carbonyl (C=O) groups excluding carboxylic acids is 2. The van der Waals surface area contributed by atoms with Crippen molar-refractivity contribution in [2.75, 3.05) is 29.9 Å². The molecule has 1 amide bonds. The number of thiophene rings is 1. The maximum Gasteiger partial charge on any atom is 0.339 e. The molecule has 0 atom stereocenters. The Morgan fingerprint density at radius 3 is 2.52 bits per heavy atom. The molecule has 1 N–H and O–H groups in total. The molecular formula is C17H18N2O3S. The molecule has 0 saturated carbocycles. The molecule has 1 aliphatic rings.